The highest BCUT2D eigenvalue weighted by Crippen LogP contribution is 2.24. The van der Waals surface area contributed by atoms with E-state index in [1.54, 1.807) is 0 Å². The fraction of sp³-hybridized carbons (Fsp3) is 0.357. The Balaban J connectivity index is 2.36. The summed E-state index contributed by atoms with van der Waals surface area (Å²) < 4.78 is 2.04. The molecule has 4 nitrogen and oxygen atoms in total. The summed E-state index contributed by atoms with van der Waals surface area (Å²) in [5.74, 6) is 0. The summed E-state index contributed by atoms with van der Waals surface area (Å²) in [6.07, 6.45) is 2.70. The van der Waals surface area contributed by atoms with E-state index < -0.39 is 0 Å². The Bertz CT molecular complexity index is 511. The number of nitrogens with zero attached hydrogens (tertiary/aromatic N) is 3. The van der Waals surface area contributed by atoms with Crippen LogP contribution in [-0.4, -0.2) is 30.2 Å². The average Bonchev–Trinajstić information content (AvgIpc) is 2.72. The van der Waals surface area contributed by atoms with Crippen molar-refractivity contribution in [3.8, 4) is 11.3 Å². The predicted molar refractivity (Wildman–Crippen MR) is 75.7 cm³/mol. The zero-order chi connectivity index (χ0) is 13.1. The smallest absolute Gasteiger partial charge is 0.0953 e. The van der Waals surface area contributed by atoms with Gasteiger partial charge in [0.2, 0.25) is 0 Å². The van der Waals surface area contributed by atoms with Crippen LogP contribution in [0, 0.1) is 0 Å². The van der Waals surface area contributed by atoms with Gasteiger partial charge in [0.1, 0.15) is 0 Å². The zero-order valence-corrected chi connectivity index (χ0v) is 11.2. The molecule has 96 valence electrons. The van der Waals surface area contributed by atoms with E-state index in [4.69, 9.17) is 5.73 Å². The standard InChI is InChI=1S/C14H20N4/c1-17(2)12-6-4-11(5-7-12)14-13(8-9-15)18(3)10-16-14/h4-7,10H,8-9,15H2,1-3H3. The normalized spacial score (nSPS) is 10.7. The number of aryl methyl sites for hydroxylation is 1. The van der Waals surface area contributed by atoms with E-state index in [1.807, 2.05) is 32.0 Å². The van der Waals surface area contributed by atoms with Gasteiger partial charge in [-0.1, -0.05) is 12.1 Å². The van der Waals surface area contributed by atoms with Crippen molar-refractivity contribution in [2.75, 3.05) is 25.5 Å². The Morgan fingerprint density at radius 1 is 1.22 bits per heavy atom. The van der Waals surface area contributed by atoms with Gasteiger partial charge in [-0.2, -0.15) is 0 Å². The van der Waals surface area contributed by atoms with Crippen LogP contribution in [0.5, 0.6) is 0 Å². The Morgan fingerprint density at radius 2 is 1.89 bits per heavy atom. The third kappa shape index (κ3) is 2.38. The van der Waals surface area contributed by atoms with Gasteiger partial charge < -0.3 is 15.2 Å². The lowest BCUT2D eigenvalue weighted by Gasteiger charge is -2.12. The molecule has 18 heavy (non-hydrogen) atoms. The van der Waals surface area contributed by atoms with Crippen LogP contribution in [0.1, 0.15) is 5.69 Å². The van der Waals surface area contributed by atoms with E-state index in [-0.39, 0.29) is 0 Å². The summed E-state index contributed by atoms with van der Waals surface area (Å²) in [5, 5.41) is 0. The van der Waals surface area contributed by atoms with Gasteiger partial charge in [-0.05, 0) is 18.7 Å². The van der Waals surface area contributed by atoms with Gasteiger partial charge in [-0.15, -0.1) is 0 Å². The first-order chi connectivity index (χ1) is 8.63. The lowest BCUT2D eigenvalue weighted by molar-refractivity contribution is 0.805. The molecule has 1 aromatic carbocycles. The van der Waals surface area contributed by atoms with Crippen LogP contribution in [-0.2, 0) is 13.5 Å². The minimum absolute atomic E-state index is 0.641. The van der Waals surface area contributed by atoms with Gasteiger partial charge in [0.15, 0.2) is 0 Å². The second-order valence-corrected chi connectivity index (χ2v) is 4.63. The fourth-order valence-electron chi connectivity index (χ4n) is 2.05. The molecular formula is C14H20N4. The third-order valence-corrected chi connectivity index (χ3v) is 3.10. The van der Waals surface area contributed by atoms with Crippen molar-refractivity contribution in [3.63, 3.8) is 0 Å². The van der Waals surface area contributed by atoms with Crippen LogP contribution in [0.4, 0.5) is 5.69 Å². The molecule has 2 rings (SSSR count). The van der Waals surface area contributed by atoms with Crippen LogP contribution in [0.25, 0.3) is 11.3 Å². The molecule has 0 atom stereocenters. The van der Waals surface area contributed by atoms with E-state index in [2.05, 4.69) is 34.1 Å². The SMILES string of the molecule is CN(C)c1ccc(-c2ncn(C)c2CCN)cc1. The van der Waals surface area contributed by atoms with Crippen LogP contribution in [0.15, 0.2) is 30.6 Å². The van der Waals surface area contributed by atoms with Gasteiger partial charge in [-0.3, -0.25) is 0 Å². The second-order valence-electron chi connectivity index (χ2n) is 4.63. The quantitative estimate of drug-likeness (QED) is 0.889. The molecule has 0 spiro atoms. The highest BCUT2D eigenvalue weighted by molar-refractivity contribution is 5.65. The molecule has 0 radical (unpaired) electrons. The highest BCUT2D eigenvalue weighted by atomic mass is 15.1. The van der Waals surface area contributed by atoms with Crippen molar-refractivity contribution in [2.24, 2.45) is 12.8 Å². The molecule has 4 heteroatoms. The Kier molecular flexibility index (Phi) is 3.67. The number of hydrogen-bond donors (Lipinski definition) is 1. The van der Waals surface area contributed by atoms with Crippen LogP contribution in [0.3, 0.4) is 0 Å². The van der Waals surface area contributed by atoms with E-state index in [0.29, 0.717) is 6.54 Å². The van der Waals surface area contributed by atoms with Gasteiger partial charge in [0, 0.05) is 44.5 Å². The average molecular weight is 244 g/mol. The zero-order valence-electron chi connectivity index (χ0n) is 11.2. The van der Waals surface area contributed by atoms with Crippen molar-refractivity contribution < 1.29 is 0 Å². The summed E-state index contributed by atoms with van der Waals surface area (Å²) in [6, 6.07) is 8.43. The topological polar surface area (TPSA) is 47.1 Å². The van der Waals surface area contributed by atoms with Crippen LogP contribution in [0.2, 0.25) is 0 Å². The maximum atomic E-state index is 5.65. The fourth-order valence-corrected chi connectivity index (χ4v) is 2.05. The van der Waals surface area contributed by atoms with Gasteiger partial charge >= 0.3 is 0 Å². The molecule has 0 aliphatic rings. The predicted octanol–water partition coefficient (Wildman–Crippen LogP) is 1.65. The summed E-state index contributed by atoms with van der Waals surface area (Å²) in [6.45, 7) is 0.641. The summed E-state index contributed by atoms with van der Waals surface area (Å²) in [5.41, 5.74) is 10.2. The molecule has 0 bridgehead atoms. The number of rotatable bonds is 4. The summed E-state index contributed by atoms with van der Waals surface area (Å²) in [4.78, 5) is 6.56. The first-order valence-electron chi connectivity index (χ1n) is 6.11. The molecular weight excluding hydrogens is 224 g/mol. The molecule has 0 saturated carbocycles. The lowest BCUT2D eigenvalue weighted by atomic mass is 10.1. The van der Waals surface area contributed by atoms with Crippen LogP contribution < -0.4 is 10.6 Å². The van der Waals surface area contributed by atoms with E-state index in [0.717, 1.165) is 17.7 Å². The van der Waals surface area contributed by atoms with Gasteiger partial charge in [0.05, 0.1) is 12.0 Å². The van der Waals surface area contributed by atoms with Crippen molar-refractivity contribution in [2.45, 2.75) is 6.42 Å². The number of anilines is 1. The van der Waals surface area contributed by atoms with Crippen molar-refractivity contribution >= 4 is 5.69 Å². The van der Waals surface area contributed by atoms with Gasteiger partial charge in [-0.25, -0.2) is 4.98 Å². The Hall–Kier alpha value is -1.81. The highest BCUT2D eigenvalue weighted by Gasteiger charge is 2.10. The maximum Gasteiger partial charge on any atom is 0.0953 e. The third-order valence-electron chi connectivity index (χ3n) is 3.10. The van der Waals surface area contributed by atoms with Crippen molar-refractivity contribution in [1.29, 1.82) is 0 Å². The summed E-state index contributed by atoms with van der Waals surface area (Å²) in [7, 11) is 6.08. The minimum atomic E-state index is 0.641. The molecule has 0 amide bonds. The molecule has 0 aliphatic carbocycles. The molecule has 0 fully saturated rings. The molecule has 0 saturated heterocycles. The first kappa shape index (κ1) is 12.6. The second kappa shape index (κ2) is 5.23. The number of benzene rings is 1. The molecule has 1 aromatic heterocycles. The number of aromatic nitrogens is 2. The molecule has 1 heterocycles. The molecule has 0 aliphatic heterocycles. The maximum absolute atomic E-state index is 5.65. The van der Waals surface area contributed by atoms with Crippen molar-refractivity contribution in [1.82, 2.24) is 9.55 Å². The molecule has 2 aromatic rings. The Labute approximate surface area is 108 Å². The monoisotopic (exact) mass is 244 g/mol. The molecule has 2 N–H and O–H groups in total. The van der Waals surface area contributed by atoms with Crippen LogP contribution >= 0.6 is 0 Å². The van der Waals surface area contributed by atoms with E-state index in [9.17, 15) is 0 Å². The number of hydrogen-bond acceptors (Lipinski definition) is 3. The summed E-state index contributed by atoms with van der Waals surface area (Å²) >= 11 is 0. The largest absolute Gasteiger partial charge is 0.378 e. The molecule has 0 unspecified atom stereocenters. The minimum Gasteiger partial charge on any atom is -0.378 e. The number of nitrogens with two attached hydrogens (primary N) is 1. The first-order valence-corrected chi connectivity index (χ1v) is 6.11. The van der Waals surface area contributed by atoms with Gasteiger partial charge in [0.25, 0.3) is 0 Å². The Morgan fingerprint density at radius 3 is 2.44 bits per heavy atom. The lowest BCUT2D eigenvalue weighted by Crippen LogP contribution is -2.08. The van der Waals surface area contributed by atoms with E-state index in [1.165, 1.54) is 11.4 Å². The number of imidazole rings is 1. The van der Waals surface area contributed by atoms with Crippen molar-refractivity contribution in [3.05, 3.63) is 36.3 Å². The van der Waals surface area contributed by atoms with E-state index >= 15 is 0 Å².